The lowest BCUT2D eigenvalue weighted by Crippen LogP contribution is -2.28. The van der Waals surface area contributed by atoms with Crippen LogP contribution in [0.15, 0.2) is 22.9 Å². The fraction of sp³-hybridized carbons (Fsp3) is 0.286. The van der Waals surface area contributed by atoms with Gasteiger partial charge in [-0.05, 0) is 18.1 Å². The van der Waals surface area contributed by atoms with Crippen LogP contribution >= 0.6 is 11.3 Å². The normalized spacial score (nSPS) is 11.3. The third kappa shape index (κ3) is 2.52. The van der Waals surface area contributed by atoms with Gasteiger partial charge < -0.3 is 5.73 Å². The molecule has 7 nitrogen and oxygen atoms in total. The Bertz CT molecular complexity index is 852. The number of rotatable bonds is 3. The first-order valence-corrected chi connectivity index (χ1v) is 7.60. The number of amides is 1. The van der Waals surface area contributed by atoms with Crippen molar-refractivity contribution in [3.8, 4) is 0 Å². The molecule has 1 amide bonds. The maximum absolute atomic E-state index is 12.3. The molecule has 0 aliphatic carbocycles. The van der Waals surface area contributed by atoms with Crippen molar-refractivity contribution < 1.29 is 14.0 Å². The van der Waals surface area contributed by atoms with Gasteiger partial charge in [0.05, 0.1) is 5.69 Å². The number of carbonyl (C=O) groups excluding carboxylic acids is 1. The predicted octanol–water partition coefficient (Wildman–Crippen LogP) is 2.07. The van der Waals surface area contributed by atoms with Gasteiger partial charge in [0.1, 0.15) is 9.71 Å². The summed E-state index contributed by atoms with van der Waals surface area (Å²) in [5.41, 5.74) is 7.49. The third-order valence-electron chi connectivity index (χ3n) is 3.22. The minimum atomic E-state index is -0.330. The summed E-state index contributed by atoms with van der Waals surface area (Å²) in [7, 11) is 1.70. The molecule has 22 heavy (non-hydrogen) atoms. The summed E-state index contributed by atoms with van der Waals surface area (Å²) in [5.74, 6) is 0.253. The van der Waals surface area contributed by atoms with Crippen molar-refractivity contribution in [1.82, 2.24) is 10.3 Å². The summed E-state index contributed by atoms with van der Waals surface area (Å²) in [4.78, 5) is 18.1. The number of fused-ring (bicyclic) bond motifs is 1. The molecule has 3 N–H and O–H groups in total. The van der Waals surface area contributed by atoms with E-state index in [1.165, 1.54) is 16.0 Å². The molecule has 0 aliphatic rings. The Kier molecular flexibility index (Phi) is 3.53. The number of aromatic nitrogens is 3. The number of nitrogens with zero attached hydrogens (tertiary/aromatic N) is 3. The monoisotopic (exact) mass is 318 g/mol. The molecule has 0 atom stereocenters. The van der Waals surface area contributed by atoms with Crippen molar-refractivity contribution in [2.24, 2.45) is 7.05 Å². The summed E-state index contributed by atoms with van der Waals surface area (Å²) < 4.78 is 6.41. The van der Waals surface area contributed by atoms with Crippen LogP contribution in [0.4, 0.5) is 11.6 Å². The van der Waals surface area contributed by atoms with Crippen LogP contribution < -0.4 is 15.7 Å². The molecule has 0 bridgehead atoms. The van der Waals surface area contributed by atoms with Crippen molar-refractivity contribution in [2.45, 2.75) is 19.8 Å². The molecule has 0 aromatic carbocycles. The molecule has 3 aromatic heterocycles. The summed E-state index contributed by atoms with van der Waals surface area (Å²) in [5, 5.41) is 7.07. The largest absolute Gasteiger partial charge is 0.397 e. The molecule has 0 spiro atoms. The number of thiophene rings is 1. The Morgan fingerprint density at radius 2 is 2.23 bits per heavy atom. The van der Waals surface area contributed by atoms with Gasteiger partial charge in [0.2, 0.25) is 0 Å². The number of carbonyl (C=O) groups is 1. The van der Waals surface area contributed by atoms with Gasteiger partial charge in [-0.15, -0.1) is 11.3 Å². The first-order valence-electron chi connectivity index (χ1n) is 6.78. The maximum Gasteiger partial charge on any atom is 0.302 e. The van der Waals surface area contributed by atoms with Crippen molar-refractivity contribution in [1.29, 1.82) is 0 Å². The van der Waals surface area contributed by atoms with E-state index in [9.17, 15) is 4.79 Å². The number of nitrogens with two attached hydrogens (primary N) is 1. The van der Waals surface area contributed by atoms with E-state index in [4.69, 9.17) is 10.3 Å². The average Bonchev–Trinajstić information content (AvgIpc) is 3.02. The molecule has 0 radical (unpaired) electrons. The van der Waals surface area contributed by atoms with Gasteiger partial charge >= 0.3 is 5.88 Å². The number of anilines is 2. The summed E-state index contributed by atoms with van der Waals surface area (Å²) >= 11 is 1.27. The van der Waals surface area contributed by atoms with Gasteiger partial charge in [-0.1, -0.05) is 18.5 Å². The van der Waals surface area contributed by atoms with E-state index in [2.05, 4.69) is 29.4 Å². The highest BCUT2D eigenvalue weighted by molar-refractivity contribution is 7.21. The Labute approximate surface area is 130 Å². The lowest BCUT2D eigenvalue weighted by molar-refractivity contribution is -0.739. The van der Waals surface area contributed by atoms with Gasteiger partial charge in [0, 0.05) is 11.1 Å². The maximum atomic E-state index is 12.3. The fourth-order valence-corrected chi connectivity index (χ4v) is 3.05. The number of nitrogen functional groups attached to an aromatic ring is 1. The van der Waals surface area contributed by atoms with E-state index < -0.39 is 0 Å². The van der Waals surface area contributed by atoms with Gasteiger partial charge in [-0.3, -0.25) is 14.6 Å². The Morgan fingerprint density at radius 1 is 1.45 bits per heavy atom. The van der Waals surface area contributed by atoms with Crippen LogP contribution in [-0.4, -0.2) is 16.2 Å². The zero-order valence-corrected chi connectivity index (χ0v) is 13.3. The highest BCUT2D eigenvalue weighted by Crippen LogP contribution is 2.33. The lowest BCUT2D eigenvalue weighted by Gasteiger charge is -2.02. The number of hydrogen-bond acceptors (Lipinski definition) is 6. The van der Waals surface area contributed by atoms with Crippen LogP contribution in [0, 0.1) is 0 Å². The number of pyridine rings is 1. The zero-order valence-electron chi connectivity index (χ0n) is 12.5. The molecule has 114 valence electrons. The Morgan fingerprint density at radius 3 is 2.86 bits per heavy atom. The quantitative estimate of drug-likeness (QED) is 0.720. The summed E-state index contributed by atoms with van der Waals surface area (Å²) in [6.45, 7) is 4.14. The second-order valence-electron chi connectivity index (χ2n) is 5.28. The van der Waals surface area contributed by atoms with Crippen LogP contribution in [-0.2, 0) is 7.05 Å². The summed E-state index contributed by atoms with van der Waals surface area (Å²) in [6, 6.07) is 3.85. The second kappa shape index (κ2) is 5.38. The zero-order chi connectivity index (χ0) is 15.9. The molecule has 0 aliphatic heterocycles. The smallest absolute Gasteiger partial charge is 0.302 e. The molecule has 3 rings (SSSR count). The SMILES string of the molecule is CC(C)c1ccc2c(N)c(C(=O)Nc3c[n+](C)no3)sc2n1. The Balaban J connectivity index is 1.96. The first-order chi connectivity index (χ1) is 10.5. The minimum Gasteiger partial charge on any atom is -0.397 e. The topological polar surface area (TPSA) is 97.9 Å². The number of hydrogen-bond donors (Lipinski definition) is 2. The van der Waals surface area contributed by atoms with Crippen LogP contribution in [0.3, 0.4) is 0 Å². The van der Waals surface area contributed by atoms with Crippen molar-refractivity contribution in [3.63, 3.8) is 0 Å². The van der Waals surface area contributed by atoms with Crippen LogP contribution in [0.1, 0.15) is 35.1 Å². The molecular weight excluding hydrogens is 302 g/mol. The molecule has 0 unspecified atom stereocenters. The van der Waals surface area contributed by atoms with Crippen molar-refractivity contribution >= 4 is 39.0 Å². The van der Waals surface area contributed by atoms with E-state index >= 15 is 0 Å². The van der Waals surface area contributed by atoms with Crippen molar-refractivity contribution in [3.05, 3.63) is 28.9 Å². The highest BCUT2D eigenvalue weighted by Gasteiger charge is 2.20. The van der Waals surface area contributed by atoms with E-state index in [0.717, 1.165) is 15.9 Å². The molecule has 0 fully saturated rings. The molecule has 8 heteroatoms. The molecule has 3 aromatic rings. The number of aryl methyl sites for hydroxylation is 1. The average molecular weight is 318 g/mol. The number of nitrogens with one attached hydrogen (secondary N) is 1. The van der Waals surface area contributed by atoms with Crippen LogP contribution in [0.25, 0.3) is 10.2 Å². The lowest BCUT2D eigenvalue weighted by atomic mass is 10.1. The van der Waals surface area contributed by atoms with Crippen LogP contribution in [0.5, 0.6) is 0 Å². The van der Waals surface area contributed by atoms with E-state index in [1.807, 2.05) is 12.1 Å². The fourth-order valence-electron chi connectivity index (χ4n) is 2.05. The van der Waals surface area contributed by atoms with Gasteiger partial charge in [-0.2, -0.15) is 0 Å². The highest BCUT2D eigenvalue weighted by atomic mass is 32.1. The van der Waals surface area contributed by atoms with Crippen LogP contribution in [0.2, 0.25) is 0 Å². The van der Waals surface area contributed by atoms with E-state index in [1.54, 1.807) is 13.2 Å². The van der Waals surface area contributed by atoms with Gasteiger partial charge in [0.15, 0.2) is 12.3 Å². The molecule has 3 heterocycles. The Hall–Kier alpha value is -2.48. The first kappa shape index (κ1) is 14.5. The van der Waals surface area contributed by atoms with E-state index in [-0.39, 0.29) is 11.8 Å². The molecule has 0 saturated heterocycles. The van der Waals surface area contributed by atoms with Gasteiger partial charge in [0.25, 0.3) is 12.1 Å². The van der Waals surface area contributed by atoms with Crippen molar-refractivity contribution in [2.75, 3.05) is 11.1 Å². The predicted molar refractivity (Wildman–Crippen MR) is 83.8 cm³/mol. The third-order valence-corrected chi connectivity index (χ3v) is 4.34. The minimum absolute atomic E-state index is 0.264. The van der Waals surface area contributed by atoms with E-state index in [0.29, 0.717) is 16.5 Å². The summed E-state index contributed by atoms with van der Waals surface area (Å²) in [6.07, 6.45) is 1.57. The molecular formula is C14H16N5O2S+. The standard InChI is InChI=1S/C14H15N5O2S/c1-7(2)9-5-4-8-11(15)12(22-14(8)16-9)13(20)17-10-6-19(3)18-21-10/h4-7H,1-3H3,(H2-,15,17,18,20)/p+1. The second-order valence-corrected chi connectivity index (χ2v) is 6.28. The van der Waals surface area contributed by atoms with Gasteiger partial charge in [-0.25, -0.2) is 4.98 Å². The molecule has 0 saturated carbocycles.